The van der Waals surface area contributed by atoms with E-state index in [1.54, 1.807) is 6.20 Å². The van der Waals surface area contributed by atoms with Gasteiger partial charge >= 0.3 is 0 Å². The van der Waals surface area contributed by atoms with E-state index in [4.69, 9.17) is 11.6 Å². The molecule has 0 saturated heterocycles. The highest BCUT2D eigenvalue weighted by atomic mass is 79.9. The summed E-state index contributed by atoms with van der Waals surface area (Å²) < 4.78 is 0.895. The lowest BCUT2D eigenvalue weighted by molar-refractivity contribution is 1.40. The summed E-state index contributed by atoms with van der Waals surface area (Å²) in [6.07, 6.45) is 1.66. The molecule has 2 aromatic carbocycles. The van der Waals surface area contributed by atoms with Crippen LogP contribution in [0.3, 0.4) is 0 Å². The van der Waals surface area contributed by atoms with Gasteiger partial charge in [-0.25, -0.2) is 0 Å². The zero-order chi connectivity index (χ0) is 12.5. The molecule has 0 bridgehead atoms. The summed E-state index contributed by atoms with van der Waals surface area (Å²) in [6.45, 7) is 0. The third kappa shape index (κ3) is 2.02. The minimum Gasteiger partial charge on any atom is -0.255 e. The van der Waals surface area contributed by atoms with Crippen LogP contribution in [0.1, 0.15) is 0 Å². The predicted octanol–water partition coefficient (Wildman–Crippen LogP) is 5.32. The summed E-state index contributed by atoms with van der Waals surface area (Å²) >= 11 is 9.59. The molecule has 3 rings (SSSR count). The monoisotopic (exact) mass is 317 g/mol. The van der Waals surface area contributed by atoms with Crippen LogP contribution in [0.15, 0.2) is 59.2 Å². The Morgan fingerprint density at radius 2 is 1.72 bits per heavy atom. The first-order chi connectivity index (χ1) is 8.75. The van der Waals surface area contributed by atoms with Gasteiger partial charge in [0.15, 0.2) is 0 Å². The van der Waals surface area contributed by atoms with Gasteiger partial charge in [0.2, 0.25) is 0 Å². The van der Waals surface area contributed by atoms with Gasteiger partial charge in [-0.3, -0.25) is 4.98 Å². The lowest BCUT2D eigenvalue weighted by atomic mass is 10.0. The normalized spacial score (nSPS) is 10.8. The number of pyridine rings is 1. The maximum absolute atomic E-state index is 6.08. The highest BCUT2D eigenvalue weighted by Crippen LogP contribution is 2.32. The maximum Gasteiger partial charge on any atom is 0.0737 e. The topological polar surface area (TPSA) is 12.9 Å². The van der Waals surface area contributed by atoms with Gasteiger partial charge in [-0.05, 0) is 39.2 Å². The second kappa shape index (κ2) is 4.71. The van der Waals surface area contributed by atoms with E-state index in [-0.39, 0.29) is 0 Å². The number of nitrogens with zero attached hydrogens (tertiary/aromatic N) is 1. The molecule has 0 saturated carbocycles. The predicted molar refractivity (Wildman–Crippen MR) is 79.9 cm³/mol. The van der Waals surface area contributed by atoms with E-state index in [2.05, 4.69) is 45.2 Å². The molecule has 1 aromatic heterocycles. The van der Waals surface area contributed by atoms with Gasteiger partial charge in [-0.2, -0.15) is 0 Å². The first-order valence-corrected chi connectivity index (χ1v) is 6.72. The molecule has 0 aliphatic heterocycles. The van der Waals surface area contributed by atoms with Crippen molar-refractivity contribution in [2.24, 2.45) is 0 Å². The molecule has 1 nitrogen and oxygen atoms in total. The first-order valence-electron chi connectivity index (χ1n) is 5.55. The summed E-state index contributed by atoms with van der Waals surface area (Å²) in [5.74, 6) is 0. The van der Waals surface area contributed by atoms with Crippen molar-refractivity contribution >= 4 is 38.4 Å². The van der Waals surface area contributed by atoms with Crippen LogP contribution >= 0.6 is 27.5 Å². The Kier molecular flexibility index (Phi) is 3.06. The number of fused-ring (bicyclic) bond motifs is 1. The molecule has 88 valence electrons. The molecule has 0 spiro atoms. The SMILES string of the molecule is Clc1cnc2ccc(-c3ccccc3)cc2c1Br. The number of hydrogen-bond acceptors (Lipinski definition) is 1. The Bertz CT molecular complexity index is 710. The van der Waals surface area contributed by atoms with Gasteiger partial charge in [-0.1, -0.05) is 48.0 Å². The van der Waals surface area contributed by atoms with Crippen molar-refractivity contribution in [3.8, 4) is 11.1 Å². The molecule has 0 unspecified atom stereocenters. The van der Waals surface area contributed by atoms with Crippen LogP contribution in [-0.4, -0.2) is 4.98 Å². The summed E-state index contributed by atoms with van der Waals surface area (Å²) in [7, 11) is 0. The lowest BCUT2D eigenvalue weighted by Gasteiger charge is -2.06. The number of benzene rings is 2. The second-order valence-corrected chi connectivity index (χ2v) is 5.22. The molecular weight excluding hydrogens is 310 g/mol. The first kappa shape index (κ1) is 11.7. The number of rotatable bonds is 1. The molecule has 3 aromatic rings. The Balaban J connectivity index is 2.25. The zero-order valence-electron chi connectivity index (χ0n) is 9.40. The van der Waals surface area contributed by atoms with E-state index in [0.717, 1.165) is 20.9 Å². The van der Waals surface area contributed by atoms with Crippen LogP contribution in [-0.2, 0) is 0 Å². The van der Waals surface area contributed by atoms with Gasteiger partial charge in [0, 0.05) is 16.1 Å². The quantitative estimate of drug-likeness (QED) is 0.592. The fraction of sp³-hybridized carbons (Fsp3) is 0. The van der Waals surface area contributed by atoms with Gasteiger partial charge < -0.3 is 0 Å². The van der Waals surface area contributed by atoms with E-state index in [1.807, 2.05) is 24.3 Å². The largest absolute Gasteiger partial charge is 0.255 e. The Morgan fingerprint density at radius 1 is 0.944 bits per heavy atom. The Morgan fingerprint density at radius 3 is 2.50 bits per heavy atom. The summed E-state index contributed by atoms with van der Waals surface area (Å²) in [5.41, 5.74) is 3.28. The van der Waals surface area contributed by atoms with Crippen LogP contribution < -0.4 is 0 Å². The van der Waals surface area contributed by atoms with E-state index < -0.39 is 0 Å². The van der Waals surface area contributed by atoms with Crippen LogP contribution in [0, 0.1) is 0 Å². The number of hydrogen-bond donors (Lipinski definition) is 0. The average molecular weight is 319 g/mol. The smallest absolute Gasteiger partial charge is 0.0737 e. The maximum atomic E-state index is 6.08. The van der Waals surface area contributed by atoms with Gasteiger partial charge in [0.05, 0.1) is 10.5 Å². The molecule has 3 heteroatoms. The fourth-order valence-electron chi connectivity index (χ4n) is 1.95. The van der Waals surface area contributed by atoms with Crippen LogP contribution in [0.4, 0.5) is 0 Å². The minimum atomic E-state index is 0.632. The lowest BCUT2D eigenvalue weighted by Crippen LogP contribution is -1.83. The molecule has 0 amide bonds. The third-order valence-corrected chi connectivity index (χ3v) is 4.24. The summed E-state index contributed by atoms with van der Waals surface area (Å²) in [5, 5.41) is 1.66. The van der Waals surface area contributed by atoms with Gasteiger partial charge in [-0.15, -0.1) is 0 Å². The Labute approximate surface area is 119 Å². The highest BCUT2D eigenvalue weighted by molar-refractivity contribution is 9.10. The number of aromatic nitrogens is 1. The van der Waals surface area contributed by atoms with Crippen molar-refractivity contribution in [3.63, 3.8) is 0 Å². The summed E-state index contributed by atoms with van der Waals surface area (Å²) in [6, 6.07) is 16.5. The molecule has 0 aliphatic rings. The van der Waals surface area contributed by atoms with Gasteiger partial charge in [0.25, 0.3) is 0 Å². The van der Waals surface area contributed by atoms with E-state index in [0.29, 0.717) is 5.02 Å². The van der Waals surface area contributed by atoms with Crippen molar-refractivity contribution in [3.05, 3.63) is 64.2 Å². The second-order valence-electron chi connectivity index (χ2n) is 4.02. The van der Waals surface area contributed by atoms with E-state index in [1.165, 1.54) is 5.56 Å². The van der Waals surface area contributed by atoms with Crippen LogP contribution in [0.5, 0.6) is 0 Å². The highest BCUT2D eigenvalue weighted by Gasteiger charge is 2.06. The minimum absolute atomic E-state index is 0.632. The van der Waals surface area contributed by atoms with Crippen LogP contribution in [0.25, 0.3) is 22.0 Å². The third-order valence-electron chi connectivity index (χ3n) is 2.87. The van der Waals surface area contributed by atoms with Crippen molar-refractivity contribution in [1.82, 2.24) is 4.98 Å². The van der Waals surface area contributed by atoms with E-state index >= 15 is 0 Å². The van der Waals surface area contributed by atoms with E-state index in [9.17, 15) is 0 Å². The van der Waals surface area contributed by atoms with Crippen molar-refractivity contribution in [2.75, 3.05) is 0 Å². The zero-order valence-corrected chi connectivity index (χ0v) is 11.7. The van der Waals surface area contributed by atoms with Gasteiger partial charge in [0.1, 0.15) is 0 Å². The van der Waals surface area contributed by atoms with Crippen molar-refractivity contribution < 1.29 is 0 Å². The van der Waals surface area contributed by atoms with Crippen LogP contribution in [0.2, 0.25) is 5.02 Å². The molecule has 18 heavy (non-hydrogen) atoms. The molecule has 1 heterocycles. The standard InChI is InChI=1S/C15H9BrClN/c16-15-12-8-11(10-4-2-1-3-5-10)6-7-14(12)18-9-13(15)17/h1-9H. The Hall–Kier alpha value is -1.38. The molecule has 0 radical (unpaired) electrons. The molecule has 0 N–H and O–H groups in total. The molecule has 0 fully saturated rings. The summed E-state index contributed by atoms with van der Waals surface area (Å²) in [4.78, 5) is 4.31. The van der Waals surface area contributed by atoms with Crippen molar-refractivity contribution in [2.45, 2.75) is 0 Å². The fourth-order valence-corrected chi connectivity index (χ4v) is 2.52. The van der Waals surface area contributed by atoms with Crippen molar-refractivity contribution in [1.29, 1.82) is 0 Å². The number of halogens is 2. The molecule has 0 atom stereocenters. The molecule has 0 aliphatic carbocycles. The average Bonchev–Trinajstić information content (AvgIpc) is 2.44. The molecular formula is C15H9BrClN.